The molecule has 1 unspecified atom stereocenters. The Bertz CT molecular complexity index is 425. The lowest BCUT2D eigenvalue weighted by Gasteiger charge is -2.35. The summed E-state index contributed by atoms with van der Waals surface area (Å²) in [6.45, 7) is 3.42. The van der Waals surface area contributed by atoms with Gasteiger partial charge in [-0.1, -0.05) is 28.1 Å². The molecule has 1 aromatic rings. The molecular formula is C14H17BrO3. The van der Waals surface area contributed by atoms with Crippen molar-refractivity contribution in [2.24, 2.45) is 5.92 Å². The number of methoxy groups -OCH3 is 1. The molecule has 2 rings (SSSR count). The van der Waals surface area contributed by atoms with Crippen molar-refractivity contribution in [3.05, 3.63) is 34.3 Å². The molecule has 1 saturated heterocycles. The van der Waals surface area contributed by atoms with E-state index in [-0.39, 0.29) is 5.97 Å². The molecule has 0 aromatic heterocycles. The minimum absolute atomic E-state index is 0.184. The van der Waals surface area contributed by atoms with Crippen LogP contribution in [0.3, 0.4) is 0 Å². The summed E-state index contributed by atoms with van der Waals surface area (Å²) in [4.78, 5) is 12.1. The quantitative estimate of drug-likeness (QED) is 0.802. The fourth-order valence-electron chi connectivity index (χ4n) is 2.34. The Morgan fingerprint density at radius 3 is 2.50 bits per heavy atom. The summed E-state index contributed by atoms with van der Waals surface area (Å²) in [5, 5.41) is 0. The third-order valence-corrected chi connectivity index (χ3v) is 4.05. The van der Waals surface area contributed by atoms with E-state index in [1.165, 1.54) is 7.11 Å². The minimum Gasteiger partial charge on any atom is -0.468 e. The standard InChI is InChI=1S/C14H17BrO3/c1-14(13(16)17-2,7-10-8-18-9-10)11-3-5-12(15)6-4-11/h3-6,10H,7-9H2,1-2H3. The highest BCUT2D eigenvalue weighted by Gasteiger charge is 2.40. The van der Waals surface area contributed by atoms with Gasteiger partial charge in [-0.15, -0.1) is 0 Å². The van der Waals surface area contributed by atoms with E-state index in [1.54, 1.807) is 0 Å². The van der Waals surface area contributed by atoms with E-state index in [2.05, 4.69) is 15.9 Å². The summed E-state index contributed by atoms with van der Waals surface area (Å²) in [5.41, 5.74) is 0.397. The van der Waals surface area contributed by atoms with Crippen molar-refractivity contribution in [1.29, 1.82) is 0 Å². The molecule has 1 aromatic carbocycles. The normalized spacial score (nSPS) is 18.8. The summed E-state index contributed by atoms with van der Waals surface area (Å²) in [6.07, 6.45) is 0.765. The first kappa shape index (κ1) is 13.6. The Labute approximate surface area is 116 Å². The number of esters is 1. The number of ether oxygens (including phenoxy) is 2. The number of halogens is 1. The maximum Gasteiger partial charge on any atom is 0.316 e. The lowest BCUT2D eigenvalue weighted by atomic mass is 9.75. The first-order valence-corrected chi connectivity index (χ1v) is 6.78. The van der Waals surface area contributed by atoms with Gasteiger partial charge in [-0.05, 0) is 31.0 Å². The molecule has 0 saturated carbocycles. The van der Waals surface area contributed by atoms with Crippen LogP contribution in [0.15, 0.2) is 28.7 Å². The molecule has 1 heterocycles. The van der Waals surface area contributed by atoms with Crippen LogP contribution in [0.1, 0.15) is 18.9 Å². The van der Waals surface area contributed by atoms with Crippen molar-refractivity contribution >= 4 is 21.9 Å². The van der Waals surface area contributed by atoms with Gasteiger partial charge in [0.25, 0.3) is 0 Å². The molecule has 1 atom stereocenters. The van der Waals surface area contributed by atoms with Crippen LogP contribution >= 0.6 is 15.9 Å². The van der Waals surface area contributed by atoms with Gasteiger partial charge in [-0.3, -0.25) is 4.79 Å². The zero-order valence-electron chi connectivity index (χ0n) is 10.6. The molecule has 0 radical (unpaired) electrons. The van der Waals surface area contributed by atoms with Crippen molar-refractivity contribution < 1.29 is 14.3 Å². The topological polar surface area (TPSA) is 35.5 Å². The Morgan fingerprint density at radius 1 is 1.44 bits per heavy atom. The van der Waals surface area contributed by atoms with E-state index in [4.69, 9.17) is 9.47 Å². The van der Waals surface area contributed by atoms with Crippen molar-refractivity contribution in [3.63, 3.8) is 0 Å². The van der Waals surface area contributed by atoms with Crippen LogP contribution in [0, 0.1) is 5.92 Å². The number of carbonyl (C=O) groups excluding carboxylic acids is 1. The van der Waals surface area contributed by atoms with Crippen LogP contribution in [0.2, 0.25) is 0 Å². The zero-order chi connectivity index (χ0) is 13.2. The second-order valence-electron chi connectivity index (χ2n) is 4.94. The molecule has 0 spiro atoms. The first-order valence-electron chi connectivity index (χ1n) is 5.98. The molecule has 0 amide bonds. The summed E-state index contributed by atoms with van der Waals surface area (Å²) in [5.74, 6) is 0.259. The van der Waals surface area contributed by atoms with Gasteiger partial charge in [0.1, 0.15) is 0 Å². The molecule has 4 heteroatoms. The highest BCUT2D eigenvalue weighted by Crippen LogP contribution is 2.35. The minimum atomic E-state index is -0.593. The number of hydrogen-bond acceptors (Lipinski definition) is 3. The summed E-state index contributed by atoms with van der Waals surface area (Å²) in [7, 11) is 1.44. The van der Waals surface area contributed by atoms with Crippen molar-refractivity contribution in [1.82, 2.24) is 0 Å². The van der Waals surface area contributed by atoms with E-state index in [0.717, 1.165) is 29.7 Å². The number of benzene rings is 1. The van der Waals surface area contributed by atoms with Crippen LogP contribution in [-0.4, -0.2) is 26.3 Å². The van der Waals surface area contributed by atoms with Gasteiger partial charge in [-0.25, -0.2) is 0 Å². The number of carbonyl (C=O) groups is 1. The average Bonchev–Trinajstić information content (AvgIpc) is 2.33. The maximum atomic E-state index is 12.1. The summed E-state index contributed by atoms with van der Waals surface area (Å²) >= 11 is 3.41. The molecule has 0 aliphatic carbocycles. The summed E-state index contributed by atoms with van der Waals surface area (Å²) in [6, 6.07) is 7.85. The van der Waals surface area contributed by atoms with Crippen LogP contribution in [0.5, 0.6) is 0 Å². The molecule has 18 heavy (non-hydrogen) atoms. The predicted octanol–water partition coefficient (Wildman–Crippen LogP) is 2.92. The average molecular weight is 313 g/mol. The van der Waals surface area contributed by atoms with Crippen LogP contribution < -0.4 is 0 Å². The first-order chi connectivity index (χ1) is 8.56. The third kappa shape index (κ3) is 2.59. The molecule has 1 aliphatic heterocycles. The van der Waals surface area contributed by atoms with Crippen LogP contribution in [0.4, 0.5) is 0 Å². The lowest BCUT2D eigenvalue weighted by Crippen LogP contribution is -2.41. The van der Waals surface area contributed by atoms with Crippen LogP contribution in [0.25, 0.3) is 0 Å². The number of rotatable bonds is 4. The largest absolute Gasteiger partial charge is 0.468 e. The summed E-state index contributed by atoms with van der Waals surface area (Å²) < 4.78 is 11.2. The van der Waals surface area contributed by atoms with Crippen molar-refractivity contribution in [2.75, 3.05) is 20.3 Å². The van der Waals surface area contributed by atoms with Gasteiger partial charge < -0.3 is 9.47 Å². The van der Waals surface area contributed by atoms with Gasteiger partial charge in [0, 0.05) is 10.4 Å². The number of hydrogen-bond donors (Lipinski definition) is 0. The van der Waals surface area contributed by atoms with Crippen molar-refractivity contribution in [3.8, 4) is 0 Å². The fourth-order valence-corrected chi connectivity index (χ4v) is 2.61. The monoisotopic (exact) mass is 312 g/mol. The highest BCUT2D eigenvalue weighted by atomic mass is 79.9. The van der Waals surface area contributed by atoms with Crippen LogP contribution in [-0.2, 0) is 19.7 Å². The van der Waals surface area contributed by atoms with Gasteiger partial charge in [0.15, 0.2) is 0 Å². The van der Waals surface area contributed by atoms with Gasteiger partial charge in [0.2, 0.25) is 0 Å². The zero-order valence-corrected chi connectivity index (χ0v) is 12.2. The van der Waals surface area contributed by atoms with Gasteiger partial charge in [-0.2, -0.15) is 0 Å². The van der Waals surface area contributed by atoms with E-state index < -0.39 is 5.41 Å². The van der Waals surface area contributed by atoms with E-state index in [0.29, 0.717) is 5.92 Å². The Morgan fingerprint density at radius 2 is 2.06 bits per heavy atom. The van der Waals surface area contributed by atoms with Gasteiger partial charge >= 0.3 is 5.97 Å². The maximum absolute atomic E-state index is 12.1. The second-order valence-corrected chi connectivity index (χ2v) is 5.85. The third-order valence-electron chi connectivity index (χ3n) is 3.52. The SMILES string of the molecule is COC(=O)C(C)(CC1COC1)c1ccc(Br)cc1. The molecule has 1 fully saturated rings. The molecule has 1 aliphatic rings. The van der Waals surface area contributed by atoms with E-state index in [9.17, 15) is 4.79 Å². The smallest absolute Gasteiger partial charge is 0.316 e. The fraction of sp³-hybridized carbons (Fsp3) is 0.500. The van der Waals surface area contributed by atoms with Gasteiger partial charge in [0.05, 0.1) is 25.7 Å². The Balaban J connectivity index is 2.27. The Kier molecular flexibility index (Phi) is 4.07. The lowest BCUT2D eigenvalue weighted by molar-refractivity contribution is -0.149. The molecule has 3 nitrogen and oxygen atoms in total. The predicted molar refractivity (Wildman–Crippen MR) is 72.4 cm³/mol. The highest BCUT2D eigenvalue weighted by molar-refractivity contribution is 9.10. The van der Waals surface area contributed by atoms with Crippen molar-refractivity contribution in [2.45, 2.75) is 18.8 Å². The van der Waals surface area contributed by atoms with E-state index >= 15 is 0 Å². The molecule has 0 N–H and O–H groups in total. The second kappa shape index (κ2) is 5.41. The molecule has 0 bridgehead atoms. The molecule has 98 valence electrons. The Hall–Kier alpha value is -0.870. The molecular weight excluding hydrogens is 296 g/mol. The van der Waals surface area contributed by atoms with E-state index in [1.807, 2.05) is 31.2 Å².